The second-order valence-corrected chi connectivity index (χ2v) is 5.07. The molecule has 8 heteroatoms. The average molecular weight is 325 g/mol. The Morgan fingerprint density at radius 1 is 1.21 bits per heavy atom. The molecule has 8 nitrogen and oxygen atoms in total. The lowest BCUT2D eigenvalue weighted by atomic mass is 10.1. The highest BCUT2D eigenvalue weighted by Crippen LogP contribution is 2.20. The Hall–Kier alpha value is -3.26. The van der Waals surface area contributed by atoms with Gasteiger partial charge in [0.25, 0.3) is 5.69 Å². The minimum Gasteiger partial charge on any atom is -0.485 e. The fraction of sp³-hybridized carbons (Fsp3) is 0.125. The molecule has 0 saturated heterocycles. The van der Waals surface area contributed by atoms with Gasteiger partial charge in [-0.05, 0) is 11.6 Å². The third-order valence-electron chi connectivity index (χ3n) is 3.39. The van der Waals surface area contributed by atoms with E-state index in [0.717, 1.165) is 5.56 Å². The Kier molecular flexibility index (Phi) is 4.48. The van der Waals surface area contributed by atoms with Gasteiger partial charge in [0.05, 0.1) is 17.0 Å². The van der Waals surface area contributed by atoms with Crippen LogP contribution in [0.15, 0.2) is 54.6 Å². The van der Waals surface area contributed by atoms with Crippen LogP contribution in [0, 0.1) is 10.1 Å². The number of aromatic amines is 1. The van der Waals surface area contributed by atoms with Gasteiger partial charge in [-0.25, -0.2) is 4.98 Å². The lowest BCUT2D eigenvalue weighted by molar-refractivity contribution is -0.384. The molecule has 3 N–H and O–H groups in total. The molecule has 0 amide bonds. The van der Waals surface area contributed by atoms with Gasteiger partial charge in [-0.15, -0.1) is 0 Å². The van der Waals surface area contributed by atoms with Crippen molar-refractivity contribution in [3.63, 3.8) is 0 Å². The molecule has 1 aromatic heterocycles. The van der Waals surface area contributed by atoms with E-state index in [0.29, 0.717) is 17.4 Å². The minimum atomic E-state index is -0.474. The van der Waals surface area contributed by atoms with Gasteiger partial charge in [0, 0.05) is 6.07 Å². The average Bonchev–Trinajstić information content (AvgIpc) is 3.09. The smallest absolute Gasteiger partial charge is 0.273 e. The first-order valence-corrected chi connectivity index (χ1v) is 7.22. The van der Waals surface area contributed by atoms with Crippen LogP contribution in [-0.2, 0) is 6.61 Å². The molecule has 0 aliphatic rings. The van der Waals surface area contributed by atoms with E-state index in [9.17, 15) is 10.1 Å². The number of hydrogen-bond acceptors (Lipinski definition) is 6. The van der Waals surface area contributed by atoms with E-state index < -0.39 is 11.0 Å². The van der Waals surface area contributed by atoms with Gasteiger partial charge >= 0.3 is 0 Å². The van der Waals surface area contributed by atoms with E-state index in [1.54, 1.807) is 12.1 Å². The van der Waals surface area contributed by atoms with Crippen molar-refractivity contribution in [3.8, 4) is 5.75 Å². The number of nitrogens with one attached hydrogen (secondary N) is 1. The molecule has 1 atom stereocenters. The lowest BCUT2D eigenvalue weighted by Gasteiger charge is -2.07. The van der Waals surface area contributed by atoms with Crippen LogP contribution in [0.3, 0.4) is 0 Å². The zero-order valence-corrected chi connectivity index (χ0v) is 12.6. The quantitative estimate of drug-likeness (QED) is 0.530. The van der Waals surface area contributed by atoms with E-state index >= 15 is 0 Å². The second-order valence-electron chi connectivity index (χ2n) is 5.07. The summed E-state index contributed by atoms with van der Waals surface area (Å²) in [6, 6.07) is 15.0. The monoisotopic (exact) mass is 325 g/mol. The Bertz CT molecular complexity index is 834. The number of ether oxygens (including phenoxy) is 1. The van der Waals surface area contributed by atoms with E-state index in [1.165, 1.54) is 12.1 Å². The van der Waals surface area contributed by atoms with Crippen molar-refractivity contribution in [3.05, 3.63) is 81.9 Å². The molecule has 0 saturated carbocycles. The van der Waals surface area contributed by atoms with Crippen LogP contribution in [0.5, 0.6) is 5.75 Å². The molecular formula is C16H15N5O3. The van der Waals surface area contributed by atoms with Crippen molar-refractivity contribution in [1.29, 1.82) is 0 Å². The number of non-ortho nitro benzene ring substituents is 1. The summed E-state index contributed by atoms with van der Waals surface area (Å²) >= 11 is 0. The summed E-state index contributed by atoms with van der Waals surface area (Å²) in [7, 11) is 0. The predicted molar refractivity (Wildman–Crippen MR) is 86.3 cm³/mol. The SMILES string of the molecule is NC(c1ccccc1)c1n[nH]c(COc2cccc([N+](=O)[O-])c2)n1. The van der Waals surface area contributed by atoms with Crippen molar-refractivity contribution in [2.24, 2.45) is 5.73 Å². The molecule has 0 fully saturated rings. The van der Waals surface area contributed by atoms with E-state index in [4.69, 9.17) is 10.5 Å². The summed E-state index contributed by atoms with van der Waals surface area (Å²) in [5, 5.41) is 17.6. The Morgan fingerprint density at radius 3 is 2.75 bits per heavy atom. The molecule has 1 unspecified atom stereocenters. The highest BCUT2D eigenvalue weighted by Gasteiger charge is 2.14. The number of nitrogens with two attached hydrogens (primary N) is 1. The van der Waals surface area contributed by atoms with Gasteiger partial charge in [0.2, 0.25) is 0 Å². The molecule has 0 aliphatic heterocycles. The molecule has 2 aromatic carbocycles. The molecule has 0 spiro atoms. The van der Waals surface area contributed by atoms with Gasteiger partial charge in [0.15, 0.2) is 11.6 Å². The zero-order valence-electron chi connectivity index (χ0n) is 12.6. The van der Waals surface area contributed by atoms with Gasteiger partial charge in [-0.1, -0.05) is 36.4 Å². The van der Waals surface area contributed by atoms with Crippen molar-refractivity contribution in [2.45, 2.75) is 12.6 Å². The second kappa shape index (κ2) is 6.88. The van der Waals surface area contributed by atoms with Crippen molar-refractivity contribution < 1.29 is 9.66 Å². The van der Waals surface area contributed by atoms with Crippen LogP contribution in [0.1, 0.15) is 23.3 Å². The van der Waals surface area contributed by atoms with Crippen molar-refractivity contribution in [1.82, 2.24) is 15.2 Å². The summed E-state index contributed by atoms with van der Waals surface area (Å²) in [6.07, 6.45) is 0. The van der Waals surface area contributed by atoms with Crippen LogP contribution >= 0.6 is 0 Å². The summed E-state index contributed by atoms with van der Waals surface area (Å²) in [4.78, 5) is 14.6. The predicted octanol–water partition coefficient (Wildman–Crippen LogP) is 2.34. The Morgan fingerprint density at radius 2 is 2.00 bits per heavy atom. The van der Waals surface area contributed by atoms with Crippen LogP contribution < -0.4 is 10.5 Å². The van der Waals surface area contributed by atoms with Crippen LogP contribution in [0.4, 0.5) is 5.69 Å². The number of hydrogen-bond donors (Lipinski definition) is 2. The first kappa shape index (κ1) is 15.6. The number of rotatable bonds is 6. The van der Waals surface area contributed by atoms with E-state index in [1.807, 2.05) is 30.3 Å². The van der Waals surface area contributed by atoms with Crippen LogP contribution in [0.25, 0.3) is 0 Å². The number of nitrogens with zero attached hydrogens (tertiary/aromatic N) is 3. The summed E-state index contributed by atoms with van der Waals surface area (Å²) in [5.41, 5.74) is 7.00. The van der Waals surface area contributed by atoms with Crippen molar-refractivity contribution in [2.75, 3.05) is 0 Å². The van der Waals surface area contributed by atoms with Gasteiger partial charge < -0.3 is 10.5 Å². The summed E-state index contributed by atoms with van der Waals surface area (Å²) in [5.74, 6) is 1.33. The maximum atomic E-state index is 10.7. The molecule has 122 valence electrons. The third kappa shape index (κ3) is 3.55. The zero-order chi connectivity index (χ0) is 16.9. The Labute approximate surface area is 137 Å². The molecule has 24 heavy (non-hydrogen) atoms. The molecule has 3 aromatic rings. The highest BCUT2D eigenvalue weighted by molar-refractivity contribution is 5.37. The fourth-order valence-corrected chi connectivity index (χ4v) is 2.16. The number of benzene rings is 2. The number of aromatic nitrogens is 3. The fourth-order valence-electron chi connectivity index (χ4n) is 2.16. The largest absolute Gasteiger partial charge is 0.485 e. The van der Waals surface area contributed by atoms with Gasteiger partial charge in [-0.2, -0.15) is 5.10 Å². The van der Waals surface area contributed by atoms with Gasteiger partial charge in [-0.3, -0.25) is 15.2 Å². The molecule has 1 heterocycles. The minimum absolute atomic E-state index is 0.0307. The normalized spacial score (nSPS) is 11.9. The van der Waals surface area contributed by atoms with Crippen molar-refractivity contribution >= 4 is 5.69 Å². The van der Waals surface area contributed by atoms with E-state index in [-0.39, 0.29) is 12.3 Å². The maximum absolute atomic E-state index is 10.7. The maximum Gasteiger partial charge on any atom is 0.273 e. The molecular weight excluding hydrogens is 310 g/mol. The molecule has 0 aliphatic carbocycles. The Balaban J connectivity index is 1.66. The standard InChI is InChI=1S/C16H15N5O3/c17-15(11-5-2-1-3-6-11)16-18-14(19-20-16)10-24-13-8-4-7-12(9-13)21(22)23/h1-9,15H,10,17H2,(H,18,19,20). The highest BCUT2D eigenvalue weighted by atomic mass is 16.6. The van der Waals surface area contributed by atoms with Crippen LogP contribution in [-0.4, -0.2) is 20.1 Å². The lowest BCUT2D eigenvalue weighted by Crippen LogP contribution is -2.13. The first-order chi connectivity index (χ1) is 11.6. The number of nitro groups is 1. The number of H-pyrrole nitrogens is 1. The topological polar surface area (TPSA) is 120 Å². The molecule has 0 radical (unpaired) electrons. The summed E-state index contributed by atoms with van der Waals surface area (Å²) < 4.78 is 5.50. The van der Waals surface area contributed by atoms with Gasteiger partial charge in [0.1, 0.15) is 12.4 Å². The number of nitro benzene ring substituents is 1. The molecule has 0 bridgehead atoms. The first-order valence-electron chi connectivity index (χ1n) is 7.22. The molecule has 3 rings (SSSR count). The van der Waals surface area contributed by atoms with Crippen LogP contribution in [0.2, 0.25) is 0 Å². The van der Waals surface area contributed by atoms with E-state index in [2.05, 4.69) is 15.2 Å². The summed E-state index contributed by atoms with van der Waals surface area (Å²) in [6.45, 7) is 0.107. The third-order valence-corrected chi connectivity index (χ3v) is 3.39.